The van der Waals surface area contributed by atoms with Crippen molar-refractivity contribution in [3.8, 4) is 5.75 Å². The van der Waals surface area contributed by atoms with Gasteiger partial charge in [0, 0.05) is 23.9 Å². The fourth-order valence-corrected chi connectivity index (χ4v) is 2.07. The molecule has 0 bridgehead atoms. The lowest BCUT2D eigenvalue weighted by Crippen LogP contribution is -2.07. The average Bonchev–Trinajstić information content (AvgIpc) is 2.38. The highest BCUT2D eigenvalue weighted by atomic mass is 16.5. The van der Waals surface area contributed by atoms with E-state index >= 15 is 0 Å². The Morgan fingerprint density at radius 3 is 2.80 bits per heavy atom. The van der Waals surface area contributed by atoms with E-state index in [9.17, 15) is 9.59 Å². The topological polar surface area (TPSA) is 56.5 Å². The minimum absolute atomic E-state index is 0.257. The van der Waals surface area contributed by atoms with Crippen LogP contribution in [0.15, 0.2) is 33.5 Å². The first-order valence-electron chi connectivity index (χ1n) is 6.85. The molecule has 0 saturated carbocycles. The van der Waals surface area contributed by atoms with Gasteiger partial charge in [-0.15, -0.1) is 0 Å². The van der Waals surface area contributed by atoms with Gasteiger partial charge >= 0.3 is 11.6 Å². The number of fused-ring (bicyclic) bond motifs is 1. The van der Waals surface area contributed by atoms with Crippen LogP contribution in [0, 0.1) is 6.92 Å². The van der Waals surface area contributed by atoms with Crippen molar-refractivity contribution in [1.29, 1.82) is 0 Å². The summed E-state index contributed by atoms with van der Waals surface area (Å²) in [7, 11) is 0. The van der Waals surface area contributed by atoms with E-state index in [1.165, 1.54) is 6.07 Å². The summed E-state index contributed by atoms with van der Waals surface area (Å²) in [4.78, 5) is 23.0. The number of hydrogen-bond donors (Lipinski definition) is 0. The number of hydrogen-bond acceptors (Lipinski definition) is 4. The maximum absolute atomic E-state index is 11.6. The number of ether oxygens (including phenoxy) is 1. The van der Waals surface area contributed by atoms with Gasteiger partial charge < -0.3 is 9.15 Å². The van der Waals surface area contributed by atoms with Crippen molar-refractivity contribution in [3.63, 3.8) is 0 Å². The van der Waals surface area contributed by atoms with E-state index in [4.69, 9.17) is 9.15 Å². The molecule has 0 aliphatic heterocycles. The fourth-order valence-electron chi connectivity index (χ4n) is 2.07. The standard InChI is InChI=1S/C16H18O4/c1-3-4-5-6-15(17)19-12-7-8-13-11(2)9-16(18)20-14(13)10-12/h7-10H,3-6H2,1-2H3. The van der Waals surface area contributed by atoms with Crippen molar-refractivity contribution in [2.45, 2.75) is 39.5 Å². The fraction of sp³-hybridized carbons (Fsp3) is 0.375. The molecule has 106 valence electrons. The van der Waals surface area contributed by atoms with Gasteiger partial charge in [0.1, 0.15) is 11.3 Å². The predicted octanol–water partition coefficient (Wildman–Crippen LogP) is 3.59. The Hall–Kier alpha value is -2.10. The van der Waals surface area contributed by atoms with Crippen LogP contribution < -0.4 is 10.4 Å². The maximum atomic E-state index is 11.6. The zero-order chi connectivity index (χ0) is 14.5. The highest BCUT2D eigenvalue weighted by Gasteiger charge is 2.08. The van der Waals surface area contributed by atoms with E-state index in [2.05, 4.69) is 6.92 Å². The first-order valence-corrected chi connectivity index (χ1v) is 6.85. The lowest BCUT2D eigenvalue weighted by Gasteiger charge is -2.06. The molecule has 0 spiro atoms. The van der Waals surface area contributed by atoms with Gasteiger partial charge in [-0.25, -0.2) is 4.79 Å². The number of carbonyl (C=O) groups excluding carboxylic acids is 1. The molecule has 1 aromatic heterocycles. The van der Waals surface area contributed by atoms with Gasteiger partial charge in [-0.05, 0) is 31.0 Å². The van der Waals surface area contributed by atoms with Gasteiger partial charge in [-0.2, -0.15) is 0 Å². The van der Waals surface area contributed by atoms with Crippen molar-refractivity contribution in [2.24, 2.45) is 0 Å². The number of esters is 1. The molecule has 0 atom stereocenters. The maximum Gasteiger partial charge on any atom is 0.336 e. The Bertz CT molecular complexity index is 670. The molecule has 1 aromatic carbocycles. The van der Waals surface area contributed by atoms with Gasteiger partial charge in [0.25, 0.3) is 0 Å². The second-order valence-electron chi connectivity index (χ2n) is 4.84. The lowest BCUT2D eigenvalue weighted by atomic mass is 10.1. The molecular formula is C16H18O4. The Morgan fingerprint density at radius 2 is 2.05 bits per heavy atom. The SMILES string of the molecule is CCCCCC(=O)Oc1ccc2c(C)cc(=O)oc2c1. The predicted molar refractivity (Wildman–Crippen MR) is 77.0 cm³/mol. The van der Waals surface area contributed by atoms with Crippen LogP contribution in [0.5, 0.6) is 5.75 Å². The van der Waals surface area contributed by atoms with Crippen LogP contribution in [0.4, 0.5) is 0 Å². The molecule has 20 heavy (non-hydrogen) atoms. The van der Waals surface area contributed by atoms with E-state index in [0.29, 0.717) is 17.8 Å². The summed E-state index contributed by atoms with van der Waals surface area (Å²) in [6.45, 7) is 3.93. The molecule has 4 nitrogen and oxygen atoms in total. The van der Waals surface area contributed by atoms with E-state index in [0.717, 1.165) is 30.2 Å². The van der Waals surface area contributed by atoms with Crippen LogP contribution >= 0.6 is 0 Å². The minimum Gasteiger partial charge on any atom is -0.426 e. The first-order chi connectivity index (χ1) is 9.60. The Morgan fingerprint density at radius 1 is 1.25 bits per heavy atom. The van der Waals surface area contributed by atoms with E-state index < -0.39 is 5.63 Å². The minimum atomic E-state index is -0.401. The van der Waals surface area contributed by atoms with Crippen LogP contribution in [-0.2, 0) is 4.79 Å². The van der Waals surface area contributed by atoms with Crippen LogP contribution in [0.25, 0.3) is 11.0 Å². The number of benzene rings is 1. The molecular weight excluding hydrogens is 256 g/mol. The summed E-state index contributed by atoms with van der Waals surface area (Å²) >= 11 is 0. The van der Waals surface area contributed by atoms with Crippen LogP contribution in [0.1, 0.15) is 38.2 Å². The highest BCUT2D eigenvalue weighted by molar-refractivity contribution is 5.82. The Kier molecular flexibility index (Phi) is 4.56. The number of aryl methyl sites for hydroxylation is 1. The summed E-state index contributed by atoms with van der Waals surface area (Å²) in [6.07, 6.45) is 3.31. The van der Waals surface area contributed by atoms with Gasteiger partial charge in [0.15, 0.2) is 0 Å². The van der Waals surface area contributed by atoms with Gasteiger partial charge in [0.2, 0.25) is 0 Å². The third-order valence-corrected chi connectivity index (χ3v) is 3.14. The molecule has 0 aliphatic rings. The Labute approximate surface area is 117 Å². The third kappa shape index (κ3) is 3.47. The number of rotatable bonds is 5. The molecule has 1 heterocycles. The van der Waals surface area contributed by atoms with Crippen LogP contribution in [-0.4, -0.2) is 5.97 Å². The van der Waals surface area contributed by atoms with E-state index in [-0.39, 0.29) is 5.97 Å². The summed E-state index contributed by atoms with van der Waals surface area (Å²) in [5.41, 5.74) is 0.882. The molecule has 0 radical (unpaired) electrons. The lowest BCUT2D eigenvalue weighted by molar-refractivity contribution is -0.134. The van der Waals surface area contributed by atoms with Gasteiger partial charge in [-0.3, -0.25) is 4.79 Å². The third-order valence-electron chi connectivity index (χ3n) is 3.14. The van der Waals surface area contributed by atoms with E-state index in [1.807, 2.05) is 6.92 Å². The average molecular weight is 274 g/mol. The highest BCUT2D eigenvalue weighted by Crippen LogP contribution is 2.22. The number of carbonyl (C=O) groups is 1. The summed E-state index contributed by atoms with van der Waals surface area (Å²) in [5, 5.41) is 0.843. The largest absolute Gasteiger partial charge is 0.426 e. The van der Waals surface area contributed by atoms with E-state index in [1.54, 1.807) is 18.2 Å². The van der Waals surface area contributed by atoms with Crippen molar-refractivity contribution in [3.05, 3.63) is 40.2 Å². The zero-order valence-electron chi connectivity index (χ0n) is 11.8. The van der Waals surface area contributed by atoms with Crippen molar-refractivity contribution >= 4 is 16.9 Å². The molecule has 2 aromatic rings. The molecule has 2 rings (SSSR count). The summed E-state index contributed by atoms with van der Waals surface area (Å²) < 4.78 is 10.4. The van der Waals surface area contributed by atoms with Crippen molar-refractivity contribution in [2.75, 3.05) is 0 Å². The smallest absolute Gasteiger partial charge is 0.336 e. The molecule has 0 amide bonds. The monoisotopic (exact) mass is 274 g/mol. The second kappa shape index (κ2) is 6.37. The molecule has 4 heteroatoms. The van der Waals surface area contributed by atoms with Crippen molar-refractivity contribution < 1.29 is 13.9 Å². The summed E-state index contributed by atoms with van der Waals surface area (Å²) in [5.74, 6) is 0.153. The molecule has 0 aliphatic carbocycles. The number of unbranched alkanes of at least 4 members (excludes halogenated alkanes) is 2. The van der Waals surface area contributed by atoms with Crippen molar-refractivity contribution in [1.82, 2.24) is 0 Å². The normalized spacial score (nSPS) is 10.7. The second-order valence-corrected chi connectivity index (χ2v) is 4.84. The summed E-state index contributed by atoms with van der Waals surface area (Å²) in [6, 6.07) is 6.54. The zero-order valence-corrected chi connectivity index (χ0v) is 11.8. The molecule has 0 N–H and O–H groups in total. The van der Waals surface area contributed by atoms with Crippen LogP contribution in [0.2, 0.25) is 0 Å². The Balaban J connectivity index is 2.15. The van der Waals surface area contributed by atoms with Crippen LogP contribution in [0.3, 0.4) is 0 Å². The molecule has 0 saturated heterocycles. The first kappa shape index (κ1) is 14.3. The van der Waals surface area contributed by atoms with Gasteiger partial charge in [0.05, 0.1) is 0 Å². The molecule has 0 unspecified atom stereocenters. The molecule has 0 fully saturated rings. The quantitative estimate of drug-likeness (QED) is 0.362. The van der Waals surface area contributed by atoms with Gasteiger partial charge in [-0.1, -0.05) is 19.8 Å².